The molecular formula is C64H102F4N12O15. The Bertz CT molecular complexity index is 2740. The molecule has 1 aliphatic carbocycles. The summed E-state index contributed by atoms with van der Waals surface area (Å²) in [5.74, 6) is -15.5. The van der Waals surface area contributed by atoms with Crippen molar-refractivity contribution in [3.63, 3.8) is 0 Å². The van der Waals surface area contributed by atoms with Gasteiger partial charge in [0, 0.05) is 19.3 Å². The SMILES string of the molecule is CC[C@H](C)[C@H](NC(=O)[C@@H](Cc1ccccc1)NC)C(=O)N[C@@H](CO)C(=O)N[C@H](CCC(N)=O)C(=O)N[C@@H](C(=O)N[C@H](C(=O)N[C@@H](CO)C(=O)N[C@H]1C(=O)N[C@@H](CCCCCCC(F)F)C(=O)NC2(CC2CC(F)F)C(=O)N[C@@H]([C@@H](C)CC)C(=O)O[C@H]1C)[C@@H](C)CC)[C@@H](C)CC. The maximum atomic E-state index is 14.5. The first-order valence-electron chi connectivity index (χ1n) is 32.9. The van der Waals surface area contributed by atoms with Crippen LogP contribution >= 0.6 is 0 Å². The normalized spacial score (nSPS) is 22.6. The molecular weight excluding hydrogens is 1250 g/mol. The number of nitrogens with two attached hydrogens (primary N) is 1. The zero-order chi connectivity index (χ0) is 71.4. The summed E-state index contributed by atoms with van der Waals surface area (Å²) in [6.45, 7) is 12.3. The third kappa shape index (κ3) is 25.2. The van der Waals surface area contributed by atoms with Crippen LogP contribution in [0.5, 0.6) is 0 Å². The number of carbonyl (C=O) groups is 12. The molecule has 0 bridgehead atoms. The summed E-state index contributed by atoms with van der Waals surface area (Å²) >= 11 is 0. The number of cyclic esters (lactones) is 1. The van der Waals surface area contributed by atoms with Gasteiger partial charge in [0.1, 0.15) is 66.0 Å². The molecule has 1 aromatic rings. The number of esters is 1. The van der Waals surface area contributed by atoms with Crippen molar-refractivity contribution in [3.8, 4) is 0 Å². The molecule has 2 aliphatic rings. The Balaban J connectivity index is 1.92. The number of rotatable bonds is 39. The van der Waals surface area contributed by atoms with Crippen LogP contribution in [0.3, 0.4) is 0 Å². The number of amides is 11. The summed E-state index contributed by atoms with van der Waals surface area (Å²) < 4.78 is 59.2. The van der Waals surface area contributed by atoms with E-state index in [0.717, 1.165) is 5.56 Å². The summed E-state index contributed by atoms with van der Waals surface area (Å²) in [5.41, 5.74) is 4.37. The third-order valence-electron chi connectivity index (χ3n) is 18.0. The molecule has 3 rings (SSSR count). The third-order valence-corrected chi connectivity index (χ3v) is 18.0. The second kappa shape index (κ2) is 40.1. The van der Waals surface area contributed by atoms with E-state index in [0.29, 0.717) is 19.3 Å². The van der Waals surface area contributed by atoms with Crippen molar-refractivity contribution in [3.05, 3.63) is 35.9 Å². The first-order chi connectivity index (χ1) is 44.9. The summed E-state index contributed by atoms with van der Waals surface area (Å²) in [5, 5.41) is 49.2. The average molecular weight is 1360 g/mol. The van der Waals surface area contributed by atoms with Gasteiger partial charge in [-0.05, 0) is 81.2 Å². The largest absolute Gasteiger partial charge is 0.458 e. The fourth-order valence-corrected chi connectivity index (χ4v) is 10.8. The fraction of sp³-hybridized carbons (Fsp3) is 0.719. The number of primary amides is 1. The van der Waals surface area contributed by atoms with E-state index in [9.17, 15) is 85.3 Å². The predicted octanol–water partition coefficient (Wildman–Crippen LogP) is 0.696. The fourth-order valence-electron chi connectivity index (χ4n) is 10.8. The van der Waals surface area contributed by atoms with Crippen molar-refractivity contribution < 1.29 is 90.0 Å². The zero-order valence-corrected chi connectivity index (χ0v) is 56.1. The Kier molecular flexibility index (Phi) is 34.5. The van der Waals surface area contributed by atoms with Gasteiger partial charge in [0.2, 0.25) is 77.8 Å². The maximum Gasteiger partial charge on any atom is 0.329 e. The molecule has 2 fully saturated rings. The van der Waals surface area contributed by atoms with Gasteiger partial charge in [0.05, 0.1) is 19.3 Å². The molecule has 1 spiro atoms. The van der Waals surface area contributed by atoms with Gasteiger partial charge >= 0.3 is 5.97 Å². The van der Waals surface area contributed by atoms with E-state index in [4.69, 9.17) is 10.5 Å². The standard InChI is InChI=1S/C64H102F4N12O15/c1-11-33(5)48(76-54(85)42(70-10)28-38-22-18-17-19-23-38)58(89)73-43(31-81)55(86)71-41(26-27-47(69)83)53(84)75-50(35(7)13-3)60(91)77-49(34(6)12-2)59(90)74-44(32-82)56(87)78-52-37(9)95-62(93)51(36(8)14-4)79-63(94)64(30-39(64)29-46(67)68)80-57(88)40(72-61(52)92)24-20-15-16-21-25-45(65)66/h17-19,22-23,33-37,39-46,48-52,70,81-82H,11-16,20-21,24-32H2,1-10H3,(H2,69,83)(H,71,86)(H,72,92)(H,73,89)(H,74,90)(H,75,84)(H,76,85)(H,77,91)(H,78,87)(H,79,94)(H,80,88)/t33-,34-,35-,36-,37-,39?,40-,41+,42+,43-,44-,48-,49-,50+,51-,52+,64?/m0/s1. The van der Waals surface area contributed by atoms with E-state index >= 15 is 0 Å². The smallest absolute Gasteiger partial charge is 0.329 e. The molecule has 95 heavy (non-hydrogen) atoms. The Labute approximate surface area is 552 Å². The predicted molar refractivity (Wildman–Crippen MR) is 340 cm³/mol. The number of hydrogen-bond acceptors (Lipinski definition) is 16. The zero-order valence-electron chi connectivity index (χ0n) is 56.1. The highest BCUT2D eigenvalue weighted by Crippen LogP contribution is 2.48. The highest BCUT2D eigenvalue weighted by molar-refractivity contribution is 6.01. The van der Waals surface area contributed by atoms with Crippen molar-refractivity contribution in [2.24, 2.45) is 35.3 Å². The van der Waals surface area contributed by atoms with Gasteiger partial charge in [-0.3, -0.25) is 52.7 Å². The lowest BCUT2D eigenvalue weighted by Crippen LogP contribution is -2.63. The summed E-state index contributed by atoms with van der Waals surface area (Å²) in [6, 6.07) is -6.06. The van der Waals surface area contributed by atoms with Crippen molar-refractivity contribution in [2.75, 3.05) is 20.3 Å². The molecule has 27 nitrogen and oxygen atoms in total. The number of nitrogens with one attached hydrogen (secondary N) is 11. The van der Waals surface area contributed by atoms with Crippen LogP contribution in [0, 0.1) is 29.6 Å². The molecule has 31 heteroatoms. The minimum atomic E-state index is -2.89. The van der Waals surface area contributed by atoms with Gasteiger partial charge in [0.25, 0.3) is 0 Å². The molecule has 1 saturated carbocycles. The number of halogens is 4. The lowest BCUT2D eigenvalue weighted by Gasteiger charge is -2.31. The van der Waals surface area contributed by atoms with Crippen LogP contribution < -0.4 is 64.2 Å². The highest BCUT2D eigenvalue weighted by Gasteiger charge is 2.62. The first-order valence-corrected chi connectivity index (χ1v) is 32.9. The van der Waals surface area contributed by atoms with Crippen LogP contribution in [0.2, 0.25) is 0 Å². The number of likely N-dealkylation sites (N-methyl/N-ethyl adjacent to an activating group) is 1. The van der Waals surface area contributed by atoms with Crippen LogP contribution in [0.4, 0.5) is 17.6 Å². The number of carbonyl (C=O) groups excluding carboxylic acids is 12. The summed E-state index contributed by atoms with van der Waals surface area (Å²) in [6.07, 6.45) is -7.33. The molecule has 0 aromatic heterocycles. The van der Waals surface area contributed by atoms with Crippen LogP contribution in [-0.4, -0.2) is 186 Å². The van der Waals surface area contributed by atoms with Gasteiger partial charge in [-0.1, -0.05) is 131 Å². The number of hydrogen-bond donors (Lipinski definition) is 14. The second-order valence-corrected chi connectivity index (χ2v) is 25.1. The molecule has 15 N–H and O–H groups in total. The number of unbranched alkanes of at least 4 members (excludes halogenated alkanes) is 3. The first kappa shape index (κ1) is 81.7. The maximum absolute atomic E-state index is 14.5. The van der Waals surface area contributed by atoms with Gasteiger partial charge in [-0.25, -0.2) is 22.4 Å². The van der Waals surface area contributed by atoms with E-state index in [1.165, 1.54) is 6.92 Å². The van der Waals surface area contributed by atoms with E-state index in [2.05, 4.69) is 58.5 Å². The Morgan fingerprint density at radius 3 is 1.61 bits per heavy atom. The van der Waals surface area contributed by atoms with Crippen LogP contribution in [0.25, 0.3) is 0 Å². The van der Waals surface area contributed by atoms with Gasteiger partial charge in [0.15, 0.2) is 0 Å². The van der Waals surface area contributed by atoms with E-state index < -0.39 is 218 Å². The molecule has 536 valence electrons. The number of aliphatic hydroxyl groups excluding tert-OH is 2. The topological polar surface area (TPSA) is 413 Å². The van der Waals surface area contributed by atoms with E-state index in [1.807, 2.05) is 30.3 Å². The van der Waals surface area contributed by atoms with Crippen LogP contribution in [0.1, 0.15) is 158 Å². The Hall–Kier alpha value is -7.54. The Morgan fingerprint density at radius 2 is 1.12 bits per heavy atom. The number of benzene rings is 1. The summed E-state index contributed by atoms with van der Waals surface area (Å²) in [4.78, 5) is 168. The van der Waals surface area contributed by atoms with E-state index in [1.54, 1.807) is 62.4 Å². The highest BCUT2D eigenvalue weighted by atomic mass is 19.3. The molecule has 17 atom stereocenters. The summed E-state index contributed by atoms with van der Waals surface area (Å²) in [7, 11) is 1.58. The minimum absolute atomic E-state index is 0.140. The average Bonchev–Trinajstić information content (AvgIpc) is 1.58. The van der Waals surface area contributed by atoms with Gasteiger partial charge in [-0.2, -0.15) is 0 Å². The van der Waals surface area contributed by atoms with E-state index in [-0.39, 0.29) is 57.8 Å². The minimum Gasteiger partial charge on any atom is -0.458 e. The molecule has 0 radical (unpaired) electrons. The molecule has 11 amide bonds. The second-order valence-electron chi connectivity index (χ2n) is 25.1. The van der Waals surface area contributed by atoms with Crippen molar-refractivity contribution >= 4 is 70.9 Å². The van der Waals surface area contributed by atoms with Crippen molar-refractivity contribution in [1.82, 2.24) is 58.5 Å². The number of alkyl halides is 4. The number of aliphatic hydroxyl groups is 2. The van der Waals surface area contributed by atoms with Crippen LogP contribution in [0.15, 0.2) is 30.3 Å². The molecule has 2 unspecified atom stereocenters. The monoisotopic (exact) mass is 1350 g/mol. The van der Waals surface area contributed by atoms with Crippen molar-refractivity contribution in [2.45, 2.75) is 244 Å². The molecule has 1 aromatic carbocycles. The van der Waals surface area contributed by atoms with Gasteiger partial charge in [-0.15, -0.1) is 0 Å². The number of ether oxygens (including phenoxy) is 1. The lowest BCUT2D eigenvalue weighted by molar-refractivity contribution is -0.157. The quantitative estimate of drug-likeness (QED) is 0.0245. The van der Waals surface area contributed by atoms with Gasteiger partial charge < -0.3 is 79.2 Å². The lowest BCUT2D eigenvalue weighted by atomic mass is 9.94. The molecule has 1 heterocycles. The van der Waals surface area contributed by atoms with Crippen molar-refractivity contribution in [1.29, 1.82) is 0 Å². The molecule has 1 aliphatic heterocycles. The Morgan fingerprint density at radius 1 is 0.621 bits per heavy atom. The van der Waals surface area contributed by atoms with Crippen LogP contribution in [-0.2, 0) is 68.7 Å². The molecule has 1 saturated heterocycles.